The first kappa shape index (κ1) is 17.6. The maximum atomic E-state index is 12.0. The minimum Gasteiger partial charge on any atom is -0.481 e. The molecule has 2 heterocycles. The number of amides is 1. The summed E-state index contributed by atoms with van der Waals surface area (Å²) in [6.45, 7) is 3.55. The van der Waals surface area contributed by atoms with Crippen molar-refractivity contribution >= 4 is 11.9 Å². The van der Waals surface area contributed by atoms with Crippen LogP contribution in [0, 0.1) is 0 Å². The van der Waals surface area contributed by atoms with Crippen LogP contribution in [-0.2, 0) is 16.0 Å². The van der Waals surface area contributed by atoms with Gasteiger partial charge in [0.15, 0.2) is 0 Å². The van der Waals surface area contributed by atoms with Crippen LogP contribution in [0.25, 0.3) is 11.5 Å². The van der Waals surface area contributed by atoms with Crippen molar-refractivity contribution in [3.05, 3.63) is 30.3 Å². The van der Waals surface area contributed by atoms with Crippen LogP contribution in [0.15, 0.2) is 28.9 Å². The van der Waals surface area contributed by atoms with Crippen LogP contribution in [-0.4, -0.2) is 37.6 Å². The first-order valence-electron chi connectivity index (χ1n) is 7.68. The highest BCUT2D eigenvalue weighted by Gasteiger charge is 2.27. The minimum atomic E-state index is -0.948. The maximum absolute atomic E-state index is 12.0. The SMILES string of the molecule is CCC(C)(CC(=O)O)NC(=O)CCc1nc(-c2ccccn2)no1. The van der Waals surface area contributed by atoms with Crippen LogP contribution in [0.3, 0.4) is 0 Å². The van der Waals surface area contributed by atoms with Gasteiger partial charge in [0, 0.05) is 24.6 Å². The molecule has 0 fully saturated rings. The van der Waals surface area contributed by atoms with Crippen LogP contribution in [0.2, 0.25) is 0 Å². The molecule has 0 aliphatic heterocycles. The molecule has 0 aliphatic rings. The molecule has 1 atom stereocenters. The Bertz CT molecular complexity index is 701. The summed E-state index contributed by atoms with van der Waals surface area (Å²) >= 11 is 0. The number of carbonyl (C=O) groups excluding carboxylic acids is 1. The fraction of sp³-hybridized carbons (Fsp3) is 0.438. The van der Waals surface area contributed by atoms with Crippen molar-refractivity contribution in [1.82, 2.24) is 20.4 Å². The lowest BCUT2D eigenvalue weighted by molar-refractivity contribution is -0.139. The van der Waals surface area contributed by atoms with Gasteiger partial charge in [-0.1, -0.05) is 18.1 Å². The number of nitrogens with one attached hydrogen (secondary N) is 1. The fourth-order valence-electron chi connectivity index (χ4n) is 2.17. The van der Waals surface area contributed by atoms with Crippen LogP contribution in [0.1, 0.15) is 39.0 Å². The van der Waals surface area contributed by atoms with Crippen molar-refractivity contribution in [2.75, 3.05) is 0 Å². The maximum Gasteiger partial charge on any atom is 0.305 e. The van der Waals surface area contributed by atoms with Gasteiger partial charge in [-0.3, -0.25) is 14.6 Å². The summed E-state index contributed by atoms with van der Waals surface area (Å²) in [5, 5.41) is 15.5. The number of nitrogens with zero attached hydrogens (tertiary/aromatic N) is 3. The topological polar surface area (TPSA) is 118 Å². The van der Waals surface area contributed by atoms with Gasteiger partial charge in [0.1, 0.15) is 5.69 Å². The van der Waals surface area contributed by atoms with Crippen molar-refractivity contribution < 1.29 is 19.2 Å². The molecule has 0 radical (unpaired) electrons. The van der Waals surface area contributed by atoms with E-state index in [1.165, 1.54) is 0 Å². The number of rotatable bonds is 8. The summed E-state index contributed by atoms with van der Waals surface area (Å²) in [7, 11) is 0. The Labute approximate surface area is 139 Å². The molecule has 1 amide bonds. The lowest BCUT2D eigenvalue weighted by atomic mass is 9.94. The molecule has 128 valence electrons. The quantitative estimate of drug-likeness (QED) is 0.757. The predicted molar refractivity (Wildman–Crippen MR) is 84.9 cm³/mol. The summed E-state index contributed by atoms with van der Waals surface area (Å²) in [4.78, 5) is 31.3. The highest BCUT2D eigenvalue weighted by atomic mass is 16.5. The van der Waals surface area contributed by atoms with E-state index in [0.717, 1.165) is 0 Å². The van der Waals surface area contributed by atoms with Crippen molar-refractivity contribution in [2.24, 2.45) is 0 Å². The van der Waals surface area contributed by atoms with E-state index in [0.29, 0.717) is 23.8 Å². The fourth-order valence-corrected chi connectivity index (χ4v) is 2.17. The zero-order valence-electron chi connectivity index (χ0n) is 13.7. The minimum absolute atomic E-state index is 0.125. The monoisotopic (exact) mass is 332 g/mol. The van der Waals surface area contributed by atoms with E-state index in [4.69, 9.17) is 9.63 Å². The normalized spacial score (nSPS) is 13.2. The van der Waals surface area contributed by atoms with Gasteiger partial charge in [0.2, 0.25) is 17.6 Å². The molecule has 2 rings (SSSR count). The van der Waals surface area contributed by atoms with E-state index >= 15 is 0 Å². The average Bonchev–Trinajstić information content (AvgIpc) is 3.02. The number of aliphatic carboxylic acids is 1. The van der Waals surface area contributed by atoms with E-state index in [1.54, 1.807) is 25.3 Å². The average molecular weight is 332 g/mol. The Morgan fingerprint density at radius 2 is 2.17 bits per heavy atom. The molecule has 8 nitrogen and oxygen atoms in total. The van der Waals surface area contributed by atoms with Crippen molar-refractivity contribution in [3.8, 4) is 11.5 Å². The molecule has 2 N–H and O–H groups in total. The highest BCUT2D eigenvalue weighted by molar-refractivity contribution is 5.78. The molecular formula is C16H20N4O4. The van der Waals surface area contributed by atoms with Gasteiger partial charge in [-0.15, -0.1) is 0 Å². The molecule has 2 aromatic heterocycles. The smallest absolute Gasteiger partial charge is 0.305 e. The van der Waals surface area contributed by atoms with Crippen LogP contribution >= 0.6 is 0 Å². The lowest BCUT2D eigenvalue weighted by Gasteiger charge is -2.27. The third kappa shape index (κ3) is 4.87. The third-order valence-electron chi connectivity index (χ3n) is 3.69. The van der Waals surface area contributed by atoms with Gasteiger partial charge in [-0.25, -0.2) is 0 Å². The van der Waals surface area contributed by atoms with E-state index in [-0.39, 0.29) is 25.2 Å². The largest absolute Gasteiger partial charge is 0.481 e. The summed E-state index contributed by atoms with van der Waals surface area (Å²) in [6, 6.07) is 5.37. The molecule has 1 unspecified atom stereocenters. The van der Waals surface area contributed by atoms with E-state index in [1.807, 2.05) is 13.0 Å². The molecule has 0 aliphatic carbocycles. The summed E-state index contributed by atoms with van der Waals surface area (Å²) in [5.41, 5.74) is -0.173. The number of aromatic nitrogens is 3. The van der Waals surface area contributed by atoms with Crippen LogP contribution in [0.5, 0.6) is 0 Å². The lowest BCUT2D eigenvalue weighted by Crippen LogP contribution is -2.47. The summed E-state index contributed by atoms with van der Waals surface area (Å²) < 4.78 is 5.12. The molecule has 0 saturated carbocycles. The van der Waals surface area contributed by atoms with E-state index in [9.17, 15) is 9.59 Å². The highest BCUT2D eigenvalue weighted by Crippen LogP contribution is 2.16. The van der Waals surface area contributed by atoms with Gasteiger partial charge in [-0.05, 0) is 25.5 Å². The Hall–Kier alpha value is -2.77. The Morgan fingerprint density at radius 1 is 1.38 bits per heavy atom. The van der Waals surface area contributed by atoms with E-state index < -0.39 is 11.5 Å². The van der Waals surface area contributed by atoms with Gasteiger partial charge in [-0.2, -0.15) is 4.98 Å². The zero-order valence-corrected chi connectivity index (χ0v) is 13.7. The molecule has 0 bridgehead atoms. The molecule has 0 spiro atoms. The summed E-state index contributed by atoms with van der Waals surface area (Å²) in [5.74, 6) is -0.493. The number of hydrogen-bond acceptors (Lipinski definition) is 6. The Morgan fingerprint density at radius 3 is 2.79 bits per heavy atom. The Balaban J connectivity index is 1.90. The second-order valence-electron chi connectivity index (χ2n) is 5.76. The number of pyridine rings is 1. The predicted octanol–water partition coefficient (Wildman–Crippen LogP) is 1.82. The summed E-state index contributed by atoms with van der Waals surface area (Å²) in [6.07, 6.45) is 2.44. The van der Waals surface area contributed by atoms with Gasteiger partial charge < -0.3 is 14.9 Å². The zero-order chi connectivity index (χ0) is 17.6. The molecule has 8 heteroatoms. The molecule has 0 saturated heterocycles. The number of carboxylic acids is 1. The first-order chi connectivity index (χ1) is 11.4. The van der Waals surface area contributed by atoms with Crippen molar-refractivity contribution in [1.29, 1.82) is 0 Å². The second-order valence-corrected chi connectivity index (χ2v) is 5.76. The number of carbonyl (C=O) groups is 2. The van der Waals surface area contributed by atoms with Gasteiger partial charge in [0.25, 0.3) is 0 Å². The molecule has 24 heavy (non-hydrogen) atoms. The molecule has 2 aromatic rings. The van der Waals surface area contributed by atoms with E-state index in [2.05, 4.69) is 20.4 Å². The van der Waals surface area contributed by atoms with Crippen LogP contribution in [0.4, 0.5) is 0 Å². The first-order valence-corrected chi connectivity index (χ1v) is 7.68. The number of carboxylic acid groups (broad SMARTS) is 1. The molecular weight excluding hydrogens is 312 g/mol. The number of hydrogen-bond donors (Lipinski definition) is 2. The molecule has 0 aromatic carbocycles. The van der Waals surface area contributed by atoms with Crippen molar-refractivity contribution in [2.45, 2.75) is 45.1 Å². The van der Waals surface area contributed by atoms with Crippen molar-refractivity contribution in [3.63, 3.8) is 0 Å². The Kier molecular flexibility index (Phi) is 5.62. The standard InChI is InChI=1S/C16H20N4O4/c1-3-16(2,10-14(22)23)19-12(21)7-8-13-18-15(20-24-13)11-6-4-5-9-17-11/h4-6,9H,3,7-8,10H2,1-2H3,(H,19,21)(H,22,23). The third-order valence-corrected chi connectivity index (χ3v) is 3.69. The van der Waals surface area contributed by atoms with Gasteiger partial charge in [0.05, 0.1) is 6.42 Å². The van der Waals surface area contributed by atoms with Gasteiger partial charge >= 0.3 is 5.97 Å². The number of aryl methyl sites for hydroxylation is 1. The van der Waals surface area contributed by atoms with Crippen LogP contribution < -0.4 is 5.32 Å². The second kappa shape index (κ2) is 7.67.